The van der Waals surface area contributed by atoms with Crippen LogP contribution in [-0.2, 0) is 14.8 Å². The van der Waals surface area contributed by atoms with Crippen molar-refractivity contribution in [2.45, 2.75) is 59.7 Å². The van der Waals surface area contributed by atoms with Gasteiger partial charge in [0.25, 0.3) is 0 Å². The number of carboxylic acid groups (broad SMARTS) is 1. The Kier molecular flexibility index (Phi) is 12.2. The van der Waals surface area contributed by atoms with Crippen LogP contribution in [-0.4, -0.2) is 60.1 Å². The van der Waals surface area contributed by atoms with Crippen molar-refractivity contribution < 1.29 is 32.9 Å². The summed E-state index contributed by atoms with van der Waals surface area (Å²) in [6.45, 7) is 3.69. The average Bonchev–Trinajstić information content (AvgIpc) is 2.70. The molecule has 196 valence electrons. The smallest absolute Gasteiger partial charge is 0.239 e. The van der Waals surface area contributed by atoms with Crippen molar-refractivity contribution in [3.8, 4) is 11.3 Å². The van der Waals surface area contributed by atoms with Crippen molar-refractivity contribution >= 4 is 28.0 Å². The molecule has 2 N–H and O–H groups in total. The number of anilines is 1. The first kappa shape index (κ1) is 32.1. The summed E-state index contributed by atoms with van der Waals surface area (Å²) in [6.07, 6.45) is 0.578. The number of benzene rings is 1. The number of sulfonamides is 1. The number of hydrogen-bond donors (Lipinski definition) is 2. The number of hydrogen-bond acceptors (Lipinski definition) is 8. The lowest BCUT2D eigenvalue weighted by atomic mass is 9.97. The maximum atomic E-state index is 13.5. The summed E-state index contributed by atoms with van der Waals surface area (Å²) in [6, 6.07) is 5.46. The van der Waals surface area contributed by atoms with Gasteiger partial charge in [-0.3, -0.25) is 0 Å². The zero-order chi connectivity index (χ0) is 24.9. The van der Waals surface area contributed by atoms with Crippen LogP contribution in [0.1, 0.15) is 58.7 Å². The number of nitrogens with zero attached hydrogens (tertiary/aromatic N) is 3. The standard InChI is InChI=1S/C22H28FN3O6S.2CH4/c1-13(2)20-18(10-9-16(27)11-17(28)12-19(29)30)21(14-5-7-15(23)8-6-14)25-22(24-20)26(3)33(4,31)32;;/h5-10,13,16-17,27-28H,11-12H2,1-4H3,(H,29,30);2*1H4/p-1/b10-9+;;/t16-,17-;;/m1../s1. The molecular formula is C24H35FN3O6S-. The minimum Gasteiger partial charge on any atom is -0.550 e. The largest absolute Gasteiger partial charge is 0.550 e. The van der Waals surface area contributed by atoms with Gasteiger partial charge in [-0.1, -0.05) is 40.9 Å². The topological polar surface area (TPSA) is 144 Å². The first-order valence-corrected chi connectivity index (χ1v) is 12.0. The van der Waals surface area contributed by atoms with E-state index in [1.54, 1.807) is 0 Å². The molecule has 1 heterocycles. The summed E-state index contributed by atoms with van der Waals surface area (Å²) in [7, 11) is -2.34. The summed E-state index contributed by atoms with van der Waals surface area (Å²) < 4.78 is 38.6. The lowest BCUT2D eigenvalue weighted by molar-refractivity contribution is -0.307. The fourth-order valence-corrected chi connectivity index (χ4v) is 3.41. The molecule has 35 heavy (non-hydrogen) atoms. The van der Waals surface area contributed by atoms with Crippen LogP contribution in [0.3, 0.4) is 0 Å². The molecule has 0 saturated heterocycles. The minimum atomic E-state index is -3.66. The van der Waals surface area contributed by atoms with Gasteiger partial charge in [0.2, 0.25) is 16.0 Å². The molecule has 0 unspecified atom stereocenters. The second-order valence-corrected chi connectivity index (χ2v) is 9.97. The van der Waals surface area contributed by atoms with Crippen molar-refractivity contribution in [1.29, 1.82) is 0 Å². The highest BCUT2D eigenvalue weighted by atomic mass is 32.2. The van der Waals surface area contributed by atoms with E-state index < -0.39 is 40.4 Å². The van der Waals surface area contributed by atoms with Gasteiger partial charge >= 0.3 is 0 Å². The molecule has 0 radical (unpaired) electrons. The van der Waals surface area contributed by atoms with Crippen LogP contribution < -0.4 is 9.41 Å². The second kappa shape index (κ2) is 13.3. The van der Waals surface area contributed by atoms with E-state index in [1.807, 2.05) is 13.8 Å². The molecular weight excluding hydrogens is 477 g/mol. The molecule has 9 nitrogen and oxygen atoms in total. The number of aromatic nitrogens is 2. The number of aliphatic hydroxyl groups excluding tert-OH is 2. The van der Waals surface area contributed by atoms with Gasteiger partial charge in [0.1, 0.15) is 5.82 Å². The summed E-state index contributed by atoms with van der Waals surface area (Å²) in [5.74, 6) is -2.14. The van der Waals surface area contributed by atoms with E-state index in [4.69, 9.17) is 0 Å². The zero-order valence-electron chi connectivity index (χ0n) is 18.8. The van der Waals surface area contributed by atoms with E-state index in [1.165, 1.54) is 43.5 Å². The molecule has 0 spiro atoms. The summed E-state index contributed by atoms with van der Waals surface area (Å²) in [4.78, 5) is 19.4. The van der Waals surface area contributed by atoms with Crippen molar-refractivity contribution in [3.63, 3.8) is 0 Å². The Balaban J connectivity index is 0.00000578. The Morgan fingerprint density at radius 3 is 2.23 bits per heavy atom. The van der Waals surface area contributed by atoms with Gasteiger partial charge < -0.3 is 20.1 Å². The quantitative estimate of drug-likeness (QED) is 0.494. The number of halogens is 1. The number of rotatable bonds is 10. The highest BCUT2D eigenvalue weighted by molar-refractivity contribution is 7.92. The Bertz CT molecular complexity index is 1120. The Morgan fingerprint density at radius 2 is 1.74 bits per heavy atom. The fourth-order valence-electron chi connectivity index (χ4n) is 3.04. The van der Waals surface area contributed by atoms with E-state index in [0.29, 0.717) is 22.5 Å². The molecule has 0 saturated carbocycles. The van der Waals surface area contributed by atoms with Crippen LogP contribution >= 0.6 is 0 Å². The summed E-state index contributed by atoms with van der Waals surface area (Å²) in [5.41, 5.74) is 1.76. The molecule has 2 atom stereocenters. The van der Waals surface area contributed by atoms with Crippen LogP contribution in [0.5, 0.6) is 0 Å². The lowest BCUT2D eigenvalue weighted by Crippen LogP contribution is -2.29. The molecule has 0 fully saturated rings. The van der Waals surface area contributed by atoms with Crippen LogP contribution in [0.25, 0.3) is 17.3 Å². The number of carbonyl (C=O) groups excluding carboxylic acids is 1. The van der Waals surface area contributed by atoms with E-state index >= 15 is 0 Å². The van der Waals surface area contributed by atoms with E-state index in [-0.39, 0.29) is 33.1 Å². The molecule has 0 bridgehead atoms. The summed E-state index contributed by atoms with van der Waals surface area (Å²) >= 11 is 0. The van der Waals surface area contributed by atoms with Gasteiger partial charge in [0.05, 0.1) is 29.9 Å². The maximum Gasteiger partial charge on any atom is 0.239 e. The van der Waals surface area contributed by atoms with Crippen molar-refractivity contribution in [2.24, 2.45) is 0 Å². The maximum absolute atomic E-state index is 13.5. The summed E-state index contributed by atoms with van der Waals surface area (Å²) in [5, 5.41) is 30.6. The van der Waals surface area contributed by atoms with E-state index in [0.717, 1.165) is 10.6 Å². The Morgan fingerprint density at radius 1 is 1.17 bits per heavy atom. The second-order valence-electron chi connectivity index (χ2n) is 7.96. The van der Waals surface area contributed by atoms with Gasteiger partial charge in [-0.15, -0.1) is 0 Å². The van der Waals surface area contributed by atoms with Gasteiger partial charge in [-0.2, -0.15) is 0 Å². The van der Waals surface area contributed by atoms with Crippen LogP contribution in [0, 0.1) is 5.82 Å². The van der Waals surface area contributed by atoms with Crippen LogP contribution in [0.4, 0.5) is 10.3 Å². The number of aliphatic hydroxyl groups is 2. The predicted octanol–water partition coefficient (Wildman–Crippen LogP) is 2.34. The van der Waals surface area contributed by atoms with E-state index in [9.17, 15) is 32.9 Å². The molecule has 0 amide bonds. The van der Waals surface area contributed by atoms with Gasteiger partial charge in [0, 0.05) is 37.0 Å². The third-order valence-corrected chi connectivity index (χ3v) is 5.97. The fraction of sp³-hybridized carbons (Fsp3) is 0.458. The van der Waals surface area contributed by atoms with E-state index in [2.05, 4.69) is 9.97 Å². The van der Waals surface area contributed by atoms with Gasteiger partial charge in [0.15, 0.2) is 0 Å². The van der Waals surface area contributed by atoms with Crippen LogP contribution in [0.15, 0.2) is 30.3 Å². The zero-order valence-corrected chi connectivity index (χ0v) is 19.6. The lowest BCUT2D eigenvalue weighted by Gasteiger charge is -2.20. The third-order valence-electron chi connectivity index (χ3n) is 4.81. The molecule has 2 rings (SSSR count). The SMILES string of the molecule is C.C.CC(C)c1nc(N(C)S(C)(=O)=O)nc(-c2ccc(F)cc2)c1/C=C/[C@@H](O)C[C@@H](O)CC(=O)[O-]. The Hall–Kier alpha value is -2.89. The van der Waals surface area contributed by atoms with Crippen molar-refractivity contribution in [3.05, 3.63) is 47.4 Å². The molecule has 0 aliphatic rings. The first-order chi connectivity index (χ1) is 15.3. The molecule has 1 aromatic carbocycles. The molecule has 0 aliphatic carbocycles. The molecule has 11 heteroatoms. The highest BCUT2D eigenvalue weighted by Crippen LogP contribution is 2.31. The highest BCUT2D eigenvalue weighted by Gasteiger charge is 2.22. The number of aliphatic carboxylic acids is 1. The van der Waals surface area contributed by atoms with Gasteiger partial charge in [-0.05, 0) is 30.2 Å². The average molecular weight is 513 g/mol. The third kappa shape index (κ3) is 9.00. The number of carbonyl (C=O) groups is 1. The number of carboxylic acids is 1. The van der Waals surface area contributed by atoms with Crippen molar-refractivity contribution in [2.75, 3.05) is 17.6 Å². The first-order valence-electron chi connectivity index (χ1n) is 10.2. The van der Waals surface area contributed by atoms with Crippen molar-refractivity contribution in [1.82, 2.24) is 9.97 Å². The molecule has 1 aromatic heterocycles. The normalized spacial score (nSPS) is 13.1. The monoisotopic (exact) mass is 512 g/mol. The van der Waals surface area contributed by atoms with Gasteiger partial charge in [-0.25, -0.2) is 27.1 Å². The predicted molar refractivity (Wildman–Crippen MR) is 134 cm³/mol. The van der Waals surface area contributed by atoms with Crippen LogP contribution in [0.2, 0.25) is 0 Å². The minimum absolute atomic E-state index is 0. The molecule has 2 aromatic rings. The Labute approximate surface area is 207 Å². The molecule has 0 aliphatic heterocycles.